The monoisotopic (exact) mass is 321 g/mol. The molecule has 0 fully saturated rings. The number of fused-ring (bicyclic) bond motifs is 1. The van der Waals surface area contributed by atoms with Crippen LogP contribution >= 0.6 is 11.6 Å². The highest BCUT2D eigenvalue weighted by Gasteiger charge is 2.22. The molecule has 0 aliphatic carbocycles. The van der Waals surface area contributed by atoms with Gasteiger partial charge in [-0.15, -0.1) is 11.6 Å². The molecule has 0 saturated carbocycles. The largest absolute Gasteiger partial charge is 0.335 e. The number of para-hydroxylation sites is 1. The molecule has 0 spiro atoms. The fourth-order valence-electron chi connectivity index (χ4n) is 2.43. The van der Waals surface area contributed by atoms with E-state index in [1.54, 1.807) is 17.7 Å². The molecule has 0 saturated heterocycles. The minimum Gasteiger partial charge on any atom is -0.335 e. The number of carbonyl (C=O) groups is 1. The molecule has 5 nitrogen and oxygen atoms in total. The predicted molar refractivity (Wildman–Crippen MR) is 88.2 cm³/mol. The van der Waals surface area contributed by atoms with Crippen LogP contribution in [0.25, 0.3) is 10.9 Å². The van der Waals surface area contributed by atoms with Gasteiger partial charge < -0.3 is 4.90 Å². The maximum Gasteiger partial charge on any atom is 0.261 e. The van der Waals surface area contributed by atoms with E-state index in [9.17, 15) is 9.59 Å². The number of hydrogen-bond acceptors (Lipinski definition) is 3. The maximum atomic E-state index is 12.7. The lowest BCUT2D eigenvalue weighted by atomic mass is 10.2. The van der Waals surface area contributed by atoms with E-state index in [0.717, 1.165) is 6.42 Å². The van der Waals surface area contributed by atoms with Crippen molar-refractivity contribution in [1.29, 1.82) is 0 Å². The van der Waals surface area contributed by atoms with Gasteiger partial charge in [-0.05, 0) is 25.5 Å². The van der Waals surface area contributed by atoms with Gasteiger partial charge in [0.1, 0.15) is 11.7 Å². The Morgan fingerprint density at radius 2 is 2.09 bits per heavy atom. The van der Waals surface area contributed by atoms with Crippen molar-refractivity contribution in [3.63, 3.8) is 0 Å². The van der Waals surface area contributed by atoms with E-state index < -0.39 is 0 Å². The molecule has 1 atom stereocenters. The Hall–Kier alpha value is -1.88. The summed E-state index contributed by atoms with van der Waals surface area (Å²) in [5.74, 6) is 0.304. The second-order valence-corrected chi connectivity index (χ2v) is 5.53. The first-order chi connectivity index (χ1) is 10.5. The normalized spacial score (nSPS) is 12.4. The van der Waals surface area contributed by atoms with Crippen LogP contribution in [0.4, 0.5) is 0 Å². The first kappa shape index (κ1) is 16.5. The molecule has 0 N–H and O–H groups in total. The van der Waals surface area contributed by atoms with Gasteiger partial charge in [-0.2, -0.15) is 0 Å². The van der Waals surface area contributed by atoms with E-state index in [0.29, 0.717) is 23.3 Å². The highest BCUT2D eigenvalue weighted by molar-refractivity contribution is 6.27. The van der Waals surface area contributed by atoms with E-state index in [2.05, 4.69) is 4.98 Å². The lowest BCUT2D eigenvalue weighted by Crippen LogP contribution is -2.35. The average molecular weight is 322 g/mol. The molecule has 22 heavy (non-hydrogen) atoms. The summed E-state index contributed by atoms with van der Waals surface area (Å²) in [5.41, 5.74) is 0.578. The minimum atomic E-state index is -0.324. The number of benzene rings is 1. The molecule has 0 aliphatic rings. The minimum absolute atomic E-state index is 0.0685. The topological polar surface area (TPSA) is 55.2 Å². The number of halogens is 1. The van der Waals surface area contributed by atoms with Gasteiger partial charge in [0.05, 0.1) is 16.9 Å². The lowest BCUT2D eigenvalue weighted by Gasteiger charge is -2.26. The number of rotatable bonds is 5. The zero-order chi connectivity index (χ0) is 16.3. The summed E-state index contributed by atoms with van der Waals surface area (Å²) >= 11 is 5.63. The van der Waals surface area contributed by atoms with Gasteiger partial charge in [-0.25, -0.2) is 4.98 Å². The van der Waals surface area contributed by atoms with Crippen LogP contribution in [-0.4, -0.2) is 33.3 Å². The third-order valence-corrected chi connectivity index (χ3v) is 4.03. The van der Waals surface area contributed by atoms with Gasteiger partial charge in [0.2, 0.25) is 5.91 Å². The quantitative estimate of drug-likeness (QED) is 0.795. The molecule has 1 unspecified atom stereocenters. The summed E-state index contributed by atoms with van der Waals surface area (Å²) in [4.78, 5) is 30.7. The van der Waals surface area contributed by atoms with E-state index in [4.69, 9.17) is 11.6 Å². The van der Waals surface area contributed by atoms with Crippen molar-refractivity contribution in [3.8, 4) is 0 Å². The highest BCUT2D eigenvalue weighted by Crippen LogP contribution is 2.19. The van der Waals surface area contributed by atoms with E-state index in [-0.39, 0.29) is 23.4 Å². The molecule has 0 aliphatic heterocycles. The lowest BCUT2D eigenvalue weighted by molar-refractivity contribution is -0.129. The second kappa shape index (κ2) is 6.92. The number of alkyl halides is 1. The summed E-state index contributed by atoms with van der Waals surface area (Å²) in [6.07, 6.45) is 0.812. The Kier molecular flexibility index (Phi) is 5.19. The first-order valence-electron chi connectivity index (χ1n) is 7.32. The molecule has 1 aromatic carbocycles. The van der Waals surface area contributed by atoms with Crippen LogP contribution in [0.2, 0.25) is 0 Å². The van der Waals surface area contributed by atoms with Crippen LogP contribution in [0.15, 0.2) is 29.1 Å². The maximum absolute atomic E-state index is 12.7. The number of nitrogens with zero attached hydrogens (tertiary/aromatic N) is 3. The molecule has 118 valence electrons. The van der Waals surface area contributed by atoms with Crippen molar-refractivity contribution in [2.45, 2.75) is 32.9 Å². The summed E-state index contributed by atoms with van der Waals surface area (Å²) in [5, 5.41) is 0.596. The Morgan fingerprint density at radius 1 is 1.41 bits per heavy atom. The van der Waals surface area contributed by atoms with Crippen molar-refractivity contribution >= 4 is 28.4 Å². The fraction of sp³-hybridized carbons (Fsp3) is 0.438. The molecule has 6 heteroatoms. The molecule has 2 aromatic rings. The number of amides is 1. The van der Waals surface area contributed by atoms with E-state index in [1.165, 1.54) is 4.90 Å². The smallest absolute Gasteiger partial charge is 0.261 e. The summed E-state index contributed by atoms with van der Waals surface area (Å²) in [6.45, 7) is 4.43. The van der Waals surface area contributed by atoms with Crippen molar-refractivity contribution in [2.75, 3.05) is 12.9 Å². The Labute approximate surface area is 134 Å². The summed E-state index contributed by atoms with van der Waals surface area (Å²) in [6, 6.07) is 6.94. The summed E-state index contributed by atoms with van der Waals surface area (Å²) < 4.78 is 1.66. The average Bonchev–Trinajstić information content (AvgIpc) is 2.55. The van der Waals surface area contributed by atoms with Crippen LogP contribution < -0.4 is 5.56 Å². The van der Waals surface area contributed by atoms with Crippen LogP contribution in [0.3, 0.4) is 0 Å². The predicted octanol–water partition coefficient (Wildman–Crippen LogP) is 2.56. The zero-order valence-electron chi connectivity index (χ0n) is 13.0. The number of carbonyl (C=O) groups excluding carboxylic acids is 1. The highest BCUT2D eigenvalue weighted by atomic mass is 35.5. The van der Waals surface area contributed by atoms with Crippen molar-refractivity contribution in [1.82, 2.24) is 14.5 Å². The van der Waals surface area contributed by atoms with Gasteiger partial charge in [-0.3, -0.25) is 14.2 Å². The molecular formula is C16H20ClN3O2. The standard InChI is InChI=1S/C16H20ClN3O2/c1-4-9-20-15(11(2)19(3)14(21)10-17)18-13-8-6-5-7-12(13)16(20)22/h5-8,11H,4,9-10H2,1-3H3. The van der Waals surface area contributed by atoms with Crippen LogP contribution in [0.1, 0.15) is 32.1 Å². The van der Waals surface area contributed by atoms with Crippen LogP contribution in [0, 0.1) is 0 Å². The van der Waals surface area contributed by atoms with Gasteiger partial charge in [0, 0.05) is 13.6 Å². The molecule has 1 aromatic heterocycles. The van der Waals surface area contributed by atoms with Gasteiger partial charge in [-0.1, -0.05) is 19.1 Å². The molecule has 1 heterocycles. The first-order valence-corrected chi connectivity index (χ1v) is 7.85. The molecule has 0 radical (unpaired) electrons. The van der Waals surface area contributed by atoms with Crippen LogP contribution in [0.5, 0.6) is 0 Å². The number of hydrogen-bond donors (Lipinski definition) is 0. The summed E-state index contributed by atoms with van der Waals surface area (Å²) in [7, 11) is 1.67. The van der Waals surface area contributed by atoms with E-state index >= 15 is 0 Å². The van der Waals surface area contributed by atoms with Crippen LogP contribution in [-0.2, 0) is 11.3 Å². The number of aromatic nitrogens is 2. The zero-order valence-corrected chi connectivity index (χ0v) is 13.8. The Balaban J connectivity index is 2.63. The fourth-order valence-corrected chi connectivity index (χ4v) is 2.62. The molecule has 0 bridgehead atoms. The Bertz CT molecular complexity index is 742. The van der Waals surface area contributed by atoms with E-state index in [1.807, 2.05) is 32.0 Å². The van der Waals surface area contributed by atoms with Gasteiger partial charge in [0.25, 0.3) is 5.56 Å². The van der Waals surface area contributed by atoms with Gasteiger partial charge >= 0.3 is 0 Å². The molecular weight excluding hydrogens is 302 g/mol. The second-order valence-electron chi connectivity index (χ2n) is 5.26. The third-order valence-electron chi connectivity index (χ3n) is 3.80. The Morgan fingerprint density at radius 3 is 2.73 bits per heavy atom. The van der Waals surface area contributed by atoms with Crippen molar-refractivity contribution in [3.05, 3.63) is 40.4 Å². The molecule has 1 amide bonds. The van der Waals surface area contributed by atoms with Gasteiger partial charge in [0.15, 0.2) is 0 Å². The SMILES string of the molecule is CCCn1c(C(C)N(C)C(=O)CCl)nc2ccccc2c1=O. The third kappa shape index (κ3) is 2.99. The van der Waals surface area contributed by atoms with Crippen molar-refractivity contribution in [2.24, 2.45) is 0 Å². The van der Waals surface area contributed by atoms with Crippen molar-refractivity contribution < 1.29 is 4.79 Å². The molecule has 2 rings (SSSR count).